The third-order valence-corrected chi connectivity index (χ3v) is 6.28. The third kappa shape index (κ3) is 3.55. The number of fused-ring (bicyclic) bond motifs is 1. The molecule has 0 aliphatic heterocycles. The molecule has 0 unspecified atom stereocenters. The zero-order valence-electron chi connectivity index (χ0n) is 15.9. The highest BCUT2D eigenvalue weighted by atomic mass is 32.2. The normalized spacial score (nSPS) is 11.3. The number of thioether (sulfide) groups is 1. The van der Waals surface area contributed by atoms with Gasteiger partial charge in [0, 0.05) is 7.05 Å². The number of nitrogens with zero attached hydrogens (tertiary/aromatic N) is 4. The first-order chi connectivity index (χ1) is 13.4. The van der Waals surface area contributed by atoms with Crippen LogP contribution in [-0.4, -0.2) is 31.4 Å². The molecule has 0 saturated carbocycles. The molecule has 0 radical (unpaired) electrons. The molecular weight excluding hydrogens is 394 g/mol. The van der Waals surface area contributed by atoms with Crippen LogP contribution in [-0.2, 0) is 11.8 Å². The maximum absolute atomic E-state index is 12.4. The zero-order valence-corrected chi connectivity index (χ0v) is 17.6. The van der Waals surface area contributed by atoms with E-state index < -0.39 is 0 Å². The maximum atomic E-state index is 12.4. The van der Waals surface area contributed by atoms with Gasteiger partial charge < -0.3 is 14.3 Å². The van der Waals surface area contributed by atoms with E-state index in [1.807, 2.05) is 31.5 Å². The molecule has 0 aliphatic rings. The van der Waals surface area contributed by atoms with Crippen molar-refractivity contribution in [1.82, 2.24) is 19.7 Å². The number of anilines is 1. The minimum Gasteiger partial charge on any atom is -0.469 e. The first-order valence-electron chi connectivity index (χ1n) is 8.66. The highest BCUT2D eigenvalue weighted by Crippen LogP contribution is 2.30. The summed E-state index contributed by atoms with van der Waals surface area (Å²) in [5, 5.41) is 12.6. The second-order valence-corrected chi connectivity index (χ2v) is 8.51. The first-order valence-corrected chi connectivity index (χ1v) is 10.5. The molecule has 3 aromatic heterocycles. The topological polar surface area (TPSA) is 85.8 Å². The monoisotopic (exact) mass is 413 g/mol. The molecule has 0 atom stereocenters. The molecule has 9 heteroatoms. The molecule has 7 nitrogen and oxygen atoms in total. The lowest BCUT2D eigenvalue weighted by atomic mass is 10.1. The summed E-state index contributed by atoms with van der Waals surface area (Å²) >= 11 is 2.82. The Morgan fingerprint density at radius 1 is 1.29 bits per heavy atom. The van der Waals surface area contributed by atoms with Crippen molar-refractivity contribution in [2.24, 2.45) is 7.05 Å². The van der Waals surface area contributed by atoms with Gasteiger partial charge in [0.15, 0.2) is 16.1 Å². The molecule has 1 amide bonds. The lowest BCUT2D eigenvalue weighted by molar-refractivity contribution is -0.113. The van der Waals surface area contributed by atoms with Crippen LogP contribution in [0.1, 0.15) is 16.9 Å². The van der Waals surface area contributed by atoms with Crippen molar-refractivity contribution < 1.29 is 9.21 Å². The number of hydrogen-bond acceptors (Lipinski definition) is 7. The number of thiazole rings is 1. The standard InChI is InChI=1S/C19H19N5O2S2/c1-10-7-11(2)16-14(8-10)28-18(21-16)20-15(25)9-27-19-23-22-17(24(19)4)13-5-6-26-12(13)3/h5-8H,9H2,1-4H3,(H,20,21,25). The van der Waals surface area contributed by atoms with E-state index >= 15 is 0 Å². The molecule has 1 N–H and O–H groups in total. The smallest absolute Gasteiger partial charge is 0.236 e. The van der Waals surface area contributed by atoms with Gasteiger partial charge in [0.05, 0.1) is 27.8 Å². The van der Waals surface area contributed by atoms with E-state index in [1.54, 1.807) is 6.26 Å². The Hall–Kier alpha value is -2.65. The van der Waals surface area contributed by atoms with E-state index in [2.05, 4.69) is 39.6 Å². The van der Waals surface area contributed by atoms with Crippen LogP contribution in [0.25, 0.3) is 21.6 Å². The van der Waals surface area contributed by atoms with Gasteiger partial charge in [-0.3, -0.25) is 4.79 Å². The van der Waals surface area contributed by atoms with Crippen LogP contribution in [0.5, 0.6) is 0 Å². The molecule has 0 fully saturated rings. The Labute approximate surface area is 170 Å². The lowest BCUT2D eigenvalue weighted by Gasteiger charge is -2.03. The molecular formula is C19H19N5O2S2. The second kappa shape index (κ2) is 7.40. The van der Waals surface area contributed by atoms with Gasteiger partial charge in [-0.2, -0.15) is 0 Å². The number of rotatable bonds is 5. The van der Waals surface area contributed by atoms with Crippen LogP contribution in [0.4, 0.5) is 5.13 Å². The average molecular weight is 414 g/mol. The Bertz CT molecular complexity index is 1170. The van der Waals surface area contributed by atoms with Gasteiger partial charge in [-0.25, -0.2) is 4.98 Å². The van der Waals surface area contributed by atoms with E-state index in [9.17, 15) is 4.79 Å². The fraction of sp³-hybridized carbons (Fsp3) is 0.263. The van der Waals surface area contributed by atoms with Gasteiger partial charge >= 0.3 is 0 Å². The Morgan fingerprint density at radius 2 is 2.11 bits per heavy atom. The summed E-state index contributed by atoms with van der Waals surface area (Å²) in [6.07, 6.45) is 1.63. The molecule has 1 aromatic carbocycles. The molecule has 0 saturated heterocycles. The predicted octanol–water partition coefficient (Wildman–Crippen LogP) is 4.34. The summed E-state index contributed by atoms with van der Waals surface area (Å²) in [5.41, 5.74) is 4.13. The second-order valence-electron chi connectivity index (χ2n) is 6.54. The zero-order chi connectivity index (χ0) is 19.8. The third-order valence-electron chi connectivity index (χ3n) is 4.34. The summed E-state index contributed by atoms with van der Waals surface area (Å²) in [6, 6.07) is 6.04. The molecule has 0 bridgehead atoms. The van der Waals surface area contributed by atoms with Gasteiger partial charge in [0.25, 0.3) is 0 Å². The SMILES string of the molecule is Cc1cc(C)c2nc(NC(=O)CSc3nnc(-c4ccoc4C)n3C)sc2c1. The number of hydrogen-bond donors (Lipinski definition) is 1. The van der Waals surface area contributed by atoms with E-state index in [0.717, 1.165) is 27.1 Å². The van der Waals surface area contributed by atoms with Crippen LogP contribution >= 0.6 is 23.1 Å². The summed E-state index contributed by atoms with van der Waals surface area (Å²) in [4.78, 5) is 16.9. The molecule has 144 valence electrons. The number of furan rings is 1. The minimum atomic E-state index is -0.123. The van der Waals surface area contributed by atoms with Crippen molar-refractivity contribution in [3.63, 3.8) is 0 Å². The molecule has 4 rings (SSSR count). The number of nitrogens with one attached hydrogen (secondary N) is 1. The first kappa shape index (κ1) is 18.7. The Morgan fingerprint density at radius 3 is 2.86 bits per heavy atom. The number of benzene rings is 1. The predicted molar refractivity (Wildman–Crippen MR) is 112 cm³/mol. The fourth-order valence-electron chi connectivity index (χ4n) is 3.00. The van der Waals surface area contributed by atoms with Crippen LogP contribution in [0.15, 0.2) is 34.0 Å². The number of aromatic nitrogens is 4. The molecule has 0 spiro atoms. The number of aryl methyl sites for hydroxylation is 3. The van der Waals surface area contributed by atoms with E-state index in [0.29, 0.717) is 16.1 Å². The molecule has 3 heterocycles. The Balaban J connectivity index is 1.43. The lowest BCUT2D eigenvalue weighted by Crippen LogP contribution is -2.14. The average Bonchev–Trinajstić information content (AvgIpc) is 3.32. The van der Waals surface area contributed by atoms with Gasteiger partial charge in [0.2, 0.25) is 5.91 Å². The summed E-state index contributed by atoms with van der Waals surface area (Å²) in [7, 11) is 1.88. The van der Waals surface area contributed by atoms with Crippen LogP contribution in [0.2, 0.25) is 0 Å². The van der Waals surface area contributed by atoms with Crippen molar-refractivity contribution in [1.29, 1.82) is 0 Å². The highest BCUT2D eigenvalue weighted by Gasteiger charge is 2.16. The molecule has 0 aliphatic carbocycles. The number of amides is 1. The highest BCUT2D eigenvalue weighted by molar-refractivity contribution is 7.99. The number of carbonyl (C=O) groups excluding carboxylic acids is 1. The van der Waals surface area contributed by atoms with E-state index in [4.69, 9.17) is 4.42 Å². The summed E-state index contributed by atoms with van der Waals surface area (Å²) < 4.78 is 8.27. The summed E-state index contributed by atoms with van der Waals surface area (Å²) in [5.74, 6) is 1.60. The van der Waals surface area contributed by atoms with Gasteiger partial charge in [-0.05, 0) is 44.0 Å². The van der Waals surface area contributed by atoms with Crippen molar-refractivity contribution in [2.75, 3.05) is 11.1 Å². The van der Waals surface area contributed by atoms with Crippen molar-refractivity contribution in [2.45, 2.75) is 25.9 Å². The van der Waals surface area contributed by atoms with Gasteiger partial charge in [-0.15, -0.1) is 10.2 Å². The minimum absolute atomic E-state index is 0.123. The van der Waals surface area contributed by atoms with E-state index in [1.165, 1.54) is 28.7 Å². The summed E-state index contributed by atoms with van der Waals surface area (Å²) in [6.45, 7) is 5.97. The van der Waals surface area contributed by atoms with Crippen LogP contribution in [0, 0.1) is 20.8 Å². The van der Waals surface area contributed by atoms with Crippen molar-refractivity contribution >= 4 is 44.4 Å². The van der Waals surface area contributed by atoms with Gasteiger partial charge in [-0.1, -0.05) is 29.2 Å². The largest absolute Gasteiger partial charge is 0.469 e. The molecule has 28 heavy (non-hydrogen) atoms. The van der Waals surface area contributed by atoms with Crippen molar-refractivity contribution in [3.05, 3.63) is 41.3 Å². The van der Waals surface area contributed by atoms with Gasteiger partial charge in [0.1, 0.15) is 5.76 Å². The number of carbonyl (C=O) groups is 1. The van der Waals surface area contributed by atoms with Crippen LogP contribution < -0.4 is 5.32 Å². The fourth-order valence-corrected chi connectivity index (χ4v) is 4.77. The molecule has 4 aromatic rings. The Kier molecular flexibility index (Phi) is 4.94. The maximum Gasteiger partial charge on any atom is 0.236 e. The van der Waals surface area contributed by atoms with E-state index in [-0.39, 0.29) is 11.7 Å². The van der Waals surface area contributed by atoms with Crippen LogP contribution in [0.3, 0.4) is 0 Å². The van der Waals surface area contributed by atoms with Crippen molar-refractivity contribution in [3.8, 4) is 11.4 Å². The quantitative estimate of drug-likeness (QED) is 0.490.